The van der Waals surface area contributed by atoms with E-state index >= 15 is 0 Å². The summed E-state index contributed by atoms with van der Waals surface area (Å²) < 4.78 is 22.3. The summed E-state index contributed by atoms with van der Waals surface area (Å²) >= 11 is 0. The van der Waals surface area contributed by atoms with Gasteiger partial charge in [0.05, 0.1) is 38.6 Å². The summed E-state index contributed by atoms with van der Waals surface area (Å²) in [6, 6.07) is 8.07. The summed E-state index contributed by atoms with van der Waals surface area (Å²) in [5.41, 5.74) is 6.47. The van der Waals surface area contributed by atoms with Crippen LogP contribution in [0.15, 0.2) is 24.3 Å². The second-order valence-corrected chi connectivity index (χ2v) is 9.64. The highest BCUT2D eigenvalue weighted by atomic mass is 16.5. The van der Waals surface area contributed by atoms with Crippen LogP contribution in [0, 0.1) is 0 Å². The Morgan fingerprint density at radius 1 is 0.800 bits per heavy atom. The number of aliphatic hydroxyl groups is 1. The van der Waals surface area contributed by atoms with Gasteiger partial charge in [-0.25, -0.2) is 0 Å². The first-order chi connectivity index (χ1) is 16.7. The molecule has 0 saturated heterocycles. The van der Waals surface area contributed by atoms with Gasteiger partial charge in [-0.15, -0.1) is 0 Å². The van der Waals surface area contributed by atoms with Gasteiger partial charge in [-0.1, -0.05) is 25.0 Å². The Morgan fingerprint density at radius 2 is 1.23 bits per heavy atom. The van der Waals surface area contributed by atoms with Crippen molar-refractivity contribution in [3.8, 4) is 5.75 Å². The fourth-order valence-electron chi connectivity index (χ4n) is 2.87. The highest BCUT2D eigenvalue weighted by molar-refractivity contribution is 5.48. The molecule has 7 nitrogen and oxygen atoms in total. The molecule has 0 bridgehead atoms. The van der Waals surface area contributed by atoms with Gasteiger partial charge in [-0.3, -0.25) is 0 Å². The fraction of sp³-hybridized carbons (Fsp3) is 0.750. The Balaban J connectivity index is 0. The van der Waals surface area contributed by atoms with E-state index < -0.39 is 5.60 Å². The Morgan fingerprint density at radius 3 is 1.69 bits per heavy atom. The van der Waals surface area contributed by atoms with Crippen LogP contribution in [0.1, 0.15) is 92.1 Å². The predicted octanol–water partition coefficient (Wildman–Crippen LogP) is 5.48. The Bertz CT molecular complexity index is 587. The van der Waals surface area contributed by atoms with E-state index in [4.69, 9.17) is 29.8 Å². The number of nitrogens with two attached hydrogens (primary N) is 1. The average molecular weight is 500 g/mol. The molecule has 0 heterocycles. The summed E-state index contributed by atoms with van der Waals surface area (Å²) in [7, 11) is 0. The third-order valence-corrected chi connectivity index (χ3v) is 4.71. The number of rotatable bonds is 21. The van der Waals surface area contributed by atoms with Crippen molar-refractivity contribution in [1.82, 2.24) is 0 Å². The smallest absolute Gasteiger partial charge is 0.119 e. The van der Waals surface area contributed by atoms with Crippen LogP contribution < -0.4 is 10.5 Å². The van der Waals surface area contributed by atoms with Crippen LogP contribution >= 0.6 is 0 Å². The van der Waals surface area contributed by atoms with Crippen molar-refractivity contribution in [3.63, 3.8) is 0 Å². The van der Waals surface area contributed by atoms with Gasteiger partial charge in [0.2, 0.25) is 0 Å². The minimum Gasteiger partial charge on any atom is -0.494 e. The van der Waals surface area contributed by atoms with Crippen molar-refractivity contribution in [2.75, 3.05) is 46.2 Å². The molecule has 1 atom stereocenters. The quantitative estimate of drug-likeness (QED) is 0.171. The van der Waals surface area contributed by atoms with E-state index in [-0.39, 0.29) is 7.47 Å². The third kappa shape index (κ3) is 26.9. The summed E-state index contributed by atoms with van der Waals surface area (Å²) in [5, 5.41) is 8.52. The molecule has 1 aromatic carbocycles. The molecule has 7 heteroatoms. The number of carbonyl (C=O) groups excluding carboxylic acids is 1. The monoisotopic (exact) mass is 499 g/mol. The standard InChI is InChI=1S/C24H41NO5.C4H10O.H2/c1-22(25)23-10-12-24(13-11-23)30-17-9-5-4-8-16-28-19-21-29-20-18-27-15-7-3-2-6-14-26;1-4(2,3)5;/h10-14,22H,2-9,15-21,25H2,1H3;5H,1-3H3;1H/t22-;;/m1../s1. The first kappa shape index (κ1) is 33.5. The molecular weight excluding hydrogens is 446 g/mol. The molecule has 0 aliphatic rings. The third-order valence-electron chi connectivity index (χ3n) is 4.71. The van der Waals surface area contributed by atoms with Gasteiger partial charge in [-0.2, -0.15) is 0 Å². The minimum atomic E-state index is -0.500. The zero-order chi connectivity index (χ0) is 26.2. The molecule has 1 rings (SSSR count). The molecule has 0 radical (unpaired) electrons. The van der Waals surface area contributed by atoms with Crippen molar-refractivity contribution in [2.45, 2.75) is 90.7 Å². The molecular formula is C28H53NO6. The van der Waals surface area contributed by atoms with Gasteiger partial charge in [-0.05, 0) is 77.5 Å². The lowest BCUT2D eigenvalue weighted by Gasteiger charge is -2.09. The van der Waals surface area contributed by atoms with E-state index in [1.807, 2.05) is 31.2 Å². The van der Waals surface area contributed by atoms with Crippen LogP contribution in [0.2, 0.25) is 0 Å². The van der Waals surface area contributed by atoms with Crippen LogP contribution in [0.5, 0.6) is 5.75 Å². The van der Waals surface area contributed by atoms with Gasteiger partial charge < -0.3 is 34.6 Å². The van der Waals surface area contributed by atoms with Crippen LogP contribution in [-0.2, 0) is 19.0 Å². The Labute approximate surface area is 215 Å². The van der Waals surface area contributed by atoms with Crippen LogP contribution in [-0.4, -0.2) is 63.2 Å². The molecule has 206 valence electrons. The largest absolute Gasteiger partial charge is 0.494 e. The summed E-state index contributed by atoms with van der Waals surface area (Å²) in [6.45, 7) is 11.9. The Hall–Kier alpha value is -1.51. The highest BCUT2D eigenvalue weighted by Gasteiger charge is 2.00. The maximum absolute atomic E-state index is 10.2. The SMILES string of the molecule is CC(C)(C)O.C[C@@H](N)c1ccc(OCCCCCCOCCOCCOCCCCCC=O)cc1.[HH]. The van der Waals surface area contributed by atoms with Gasteiger partial charge in [0.1, 0.15) is 12.0 Å². The number of unbranched alkanes of at least 4 members (excludes halogenated alkanes) is 6. The number of carbonyl (C=O) groups is 1. The van der Waals surface area contributed by atoms with E-state index in [0.29, 0.717) is 32.8 Å². The van der Waals surface area contributed by atoms with E-state index in [1.54, 1.807) is 20.8 Å². The Kier molecular flexibility index (Phi) is 21.9. The van der Waals surface area contributed by atoms with E-state index in [2.05, 4.69) is 0 Å². The predicted molar refractivity (Wildman–Crippen MR) is 144 cm³/mol. The average Bonchev–Trinajstić information content (AvgIpc) is 2.80. The highest BCUT2D eigenvalue weighted by Crippen LogP contribution is 2.16. The van der Waals surface area contributed by atoms with Crippen molar-refractivity contribution >= 4 is 6.29 Å². The molecule has 1 aromatic rings. The van der Waals surface area contributed by atoms with Crippen molar-refractivity contribution < 1.29 is 30.3 Å². The molecule has 0 saturated carbocycles. The second-order valence-electron chi connectivity index (χ2n) is 9.64. The maximum atomic E-state index is 10.2. The topological polar surface area (TPSA) is 100 Å². The summed E-state index contributed by atoms with van der Waals surface area (Å²) in [6.07, 6.45) is 9.04. The lowest BCUT2D eigenvalue weighted by Crippen LogP contribution is -2.10. The van der Waals surface area contributed by atoms with E-state index in [1.165, 1.54) is 0 Å². The fourth-order valence-corrected chi connectivity index (χ4v) is 2.87. The molecule has 0 spiro atoms. The molecule has 0 fully saturated rings. The minimum absolute atomic E-state index is 0. The number of aldehydes is 1. The number of benzene rings is 1. The number of hydrogen-bond acceptors (Lipinski definition) is 7. The number of hydrogen-bond donors (Lipinski definition) is 2. The lowest BCUT2D eigenvalue weighted by atomic mass is 10.1. The lowest BCUT2D eigenvalue weighted by molar-refractivity contribution is -0.107. The zero-order valence-electron chi connectivity index (χ0n) is 22.6. The van der Waals surface area contributed by atoms with Crippen molar-refractivity contribution in [1.29, 1.82) is 0 Å². The molecule has 35 heavy (non-hydrogen) atoms. The first-order valence-corrected chi connectivity index (χ1v) is 13.1. The van der Waals surface area contributed by atoms with Gasteiger partial charge in [0.15, 0.2) is 0 Å². The van der Waals surface area contributed by atoms with Crippen molar-refractivity contribution in [3.05, 3.63) is 29.8 Å². The molecule has 0 aromatic heterocycles. The van der Waals surface area contributed by atoms with Gasteiger partial charge in [0.25, 0.3) is 0 Å². The molecule has 0 unspecified atom stereocenters. The summed E-state index contributed by atoms with van der Waals surface area (Å²) in [4.78, 5) is 10.2. The van der Waals surface area contributed by atoms with Crippen molar-refractivity contribution in [2.24, 2.45) is 5.73 Å². The van der Waals surface area contributed by atoms with Gasteiger partial charge >= 0.3 is 0 Å². The molecule has 0 aliphatic carbocycles. The maximum Gasteiger partial charge on any atom is 0.119 e. The molecule has 0 aliphatic heterocycles. The van der Waals surface area contributed by atoms with Crippen LogP contribution in [0.25, 0.3) is 0 Å². The first-order valence-electron chi connectivity index (χ1n) is 13.1. The summed E-state index contributed by atoms with van der Waals surface area (Å²) in [5.74, 6) is 0.905. The number of ether oxygens (including phenoxy) is 4. The zero-order valence-corrected chi connectivity index (χ0v) is 22.6. The normalized spacial score (nSPS) is 12.1. The van der Waals surface area contributed by atoms with Crippen LogP contribution in [0.3, 0.4) is 0 Å². The van der Waals surface area contributed by atoms with Crippen LogP contribution in [0.4, 0.5) is 0 Å². The molecule has 0 amide bonds. The second kappa shape index (κ2) is 22.9. The van der Waals surface area contributed by atoms with E-state index in [9.17, 15) is 4.79 Å². The van der Waals surface area contributed by atoms with E-state index in [0.717, 1.165) is 82.4 Å². The van der Waals surface area contributed by atoms with Gasteiger partial charge in [0, 0.05) is 27.1 Å². The molecule has 3 N–H and O–H groups in total.